The minimum Gasteiger partial charge on any atom is -0.379 e. The Labute approximate surface area is 161 Å². The van der Waals surface area contributed by atoms with E-state index in [1.807, 2.05) is 9.80 Å². The third kappa shape index (κ3) is 2.66. The number of rotatable bonds is 2. The van der Waals surface area contributed by atoms with Crippen LogP contribution in [0.5, 0.6) is 0 Å². The highest BCUT2D eigenvalue weighted by Crippen LogP contribution is 2.41. The summed E-state index contributed by atoms with van der Waals surface area (Å²) in [6, 6.07) is 3.16. The van der Waals surface area contributed by atoms with Crippen molar-refractivity contribution in [2.75, 3.05) is 57.9 Å². The van der Waals surface area contributed by atoms with Crippen LogP contribution in [-0.2, 0) is 14.3 Å². The summed E-state index contributed by atoms with van der Waals surface area (Å²) in [5.41, 5.74) is -0.919. The first kappa shape index (κ1) is 18.2. The average molecular weight is 400 g/mol. The SMILES string of the molecule is O=C1Nc2c(Cl)ccc(Cl)c2C(=O)C1(N1CCOCC1)N1CCOCC1. The second-order valence-corrected chi connectivity index (χ2v) is 7.25. The van der Waals surface area contributed by atoms with Gasteiger partial charge in [-0.1, -0.05) is 23.2 Å². The molecule has 3 aliphatic heterocycles. The standard InChI is InChI=1S/C17H19Cl2N3O4/c18-11-1-2-12(19)14-13(11)15(23)17(16(24)20-14,21-3-7-25-8-4-21)22-5-9-26-10-6-22/h1-2H,3-10H2,(H,20,24). The number of morpholine rings is 2. The van der Waals surface area contributed by atoms with Crippen LogP contribution in [0.2, 0.25) is 10.0 Å². The summed E-state index contributed by atoms with van der Waals surface area (Å²) in [5, 5.41) is 3.42. The summed E-state index contributed by atoms with van der Waals surface area (Å²) >= 11 is 12.6. The van der Waals surface area contributed by atoms with Gasteiger partial charge in [0.2, 0.25) is 11.4 Å². The number of carbonyl (C=O) groups excluding carboxylic acids is 2. The lowest BCUT2D eigenvalue weighted by Gasteiger charge is -2.51. The minimum absolute atomic E-state index is 0.261. The minimum atomic E-state index is -1.46. The molecule has 0 radical (unpaired) electrons. The van der Waals surface area contributed by atoms with Crippen molar-refractivity contribution in [2.24, 2.45) is 0 Å². The van der Waals surface area contributed by atoms with Crippen molar-refractivity contribution in [3.63, 3.8) is 0 Å². The van der Waals surface area contributed by atoms with Crippen molar-refractivity contribution in [3.05, 3.63) is 27.7 Å². The number of ether oxygens (including phenoxy) is 2. The van der Waals surface area contributed by atoms with Gasteiger partial charge in [-0.3, -0.25) is 19.4 Å². The number of hydrogen-bond donors (Lipinski definition) is 1. The molecule has 0 atom stereocenters. The molecule has 2 fully saturated rings. The van der Waals surface area contributed by atoms with Gasteiger partial charge in [0, 0.05) is 26.2 Å². The Bertz CT molecular complexity index is 728. The van der Waals surface area contributed by atoms with E-state index in [0.29, 0.717) is 57.6 Å². The second kappa shape index (κ2) is 7.07. The van der Waals surface area contributed by atoms with Gasteiger partial charge in [-0.05, 0) is 12.1 Å². The van der Waals surface area contributed by atoms with Gasteiger partial charge in [0.25, 0.3) is 5.91 Å². The highest BCUT2D eigenvalue weighted by Gasteiger charge is 2.59. The van der Waals surface area contributed by atoms with Gasteiger partial charge in [0.05, 0.1) is 47.7 Å². The third-order valence-electron chi connectivity index (χ3n) is 5.14. The number of fused-ring (bicyclic) bond motifs is 1. The molecule has 0 bridgehead atoms. The van der Waals surface area contributed by atoms with Crippen LogP contribution >= 0.6 is 23.2 Å². The fraction of sp³-hybridized carbons (Fsp3) is 0.529. The van der Waals surface area contributed by atoms with E-state index in [9.17, 15) is 9.59 Å². The van der Waals surface area contributed by atoms with Crippen LogP contribution in [0, 0.1) is 0 Å². The lowest BCUT2D eigenvalue weighted by molar-refractivity contribution is -0.149. The van der Waals surface area contributed by atoms with Gasteiger partial charge >= 0.3 is 0 Å². The van der Waals surface area contributed by atoms with E-state index in [1.165, 1.54) is 0 Å². The van der Waals surface area contributed by atoms with Gasteiger partial charge in [-0.25, -0.2) is 0 Å². The maximum atomic E-state index is 13.8. The Hall–Kier alpha value is -1.22. The van der Waals surface area contributed by atoms with Gasteiger partial charge in [0.15, 0.2) is 0 Å². The molecule has 2 saturated heterocycles. The number of Topliss-reactive ketones (excluding diaryl/α,β-unsaturated/α-hetero) is 1. The molecule has 140 valence electrons. The Morgan fingerprint density at radius 3 is 1.92 bits per heavy atom. The molecule has 0 aliphatic carbocycles. The Balaban J connectivity index is 1.88. The molecule has 9 heteroatoms. The zero-order valence-corrected chi connectivity index (χ0v) is 15.6. The first-order chi connectivity index (χ1) is 12.6. The molecule has 7 nitrogen and oxygen atoms in total. The fourth-order valence-corrected chi connectivity index (χ4v) is 4.37. The molecular formula is C17H19Cl2N3O4. The normalized spacial score (nSPS) is 24.2. The summed E-state index contributed by atoms with van der Waals surface area (Å²) < 4.78 is 10.9. The quantitative estimate of drug-likeness (QED) is 0.759. The van der Waals surface area contributed by atoms with E-state index in [4.69, 9.17) is 32.7 Å². The van der Waals surface area contributed by atoms with E-state index < -0.39 is 11.6 Å². The largest absolute Gasteiger partial charge is 0.379 e. The molecular weight excluding hydrogens is 381 g/mol. The van der Waals surface area contributed by atoms with Crippen molar-refractivity contribution in [2.45, 2.75) is 5.66 Å². The number of amides is 1. The van der Waals surface area contributed by atoms with Crippen LogP contribution in [-0.4, -0.2) is 79.8 Å². The van der Waals surface area contributed by atoms with Gasteiger partial charge in [0.1, 0.15) is 0 Å². The number of benzene rings is 1. The highest BCUT2D eigenvalue weighted by atomic mass is 35.5. The summed E-state index contributed by atoms with van der Waals surface area (Å²) in [6.45, 7) is 3.75. The Morgan fingerprint density at radius 2 is 1.38 bits per heavy atom. The smallest absolute Gasteiger partial charge is 0.268 e. The number of anilines is 1. The maximum Gasteiger partial charge on any atom is 0.268 e. The molecule has 4 rings (SSSR count). The molecule has 1 aromatic carbocycles. The molecule has 0 saturated carbocycles. The Morgan fingerprint density at radius 1 is 0.885 bits per heavy atom. The predicted molar refractivity (Wildman–Crippen MR) is 96.9 cm³/mol. The van der Waals surface area contributed by atoms with Gasteiger partial charge < -0.3 is 14.8 Å². The topological polar surface area (TPSA) is 71.1 Å². The number of nitrogens with one attached hydrogen (secondary N) is 1. The van der Waals surface area contributed by atoms with E-state index >= 15 is 0 Å². The molecule has 1 amide bonds. The van der Waals surface area contributed by atoms with Gasteiger partial charge in [-0.2, -0.15) is 0 Å². The molecule has 1 N–H and O–H groups in total. The molecule has 26 heavy (non-hydrogen) atoms. The van der Waals surface area contributed by atoms with Crippen LogP contribution in [0.4, 0.5) is 5.69 Å². The van der Waals surface area contributed by atoms with Crippen LogP contribution in [0.25, 0.3) is 0 Å². The molecule has 0 unspecified atom stereocenters. The average Bonchev–Trinajstić information content (AvgIpc) is 2.67. The molecule has 0 spiro atoms. The highest BCUT2D eigenvalue weighted by molar-refractivity contribution is 6.42. The van der Waals surface area contributed by atoms with E-state index in [0.717, 1.165) is 0 Å². The molecule has 3 aliphatic rings. The molecule has 0 aromatic heterocycles. The summed E-state index contributed by atoms with van der Waals surface area (Å²) in [5.74, 6) is -0.740. The van der Waals surface area contributed by atoms with Crippen molar-refractivity contribution < 1.29 is 19.1 Å². The maximum absolute atomic E-state index is 13.8. The lowest BCUT2D eigenvalue weighted by Crippen LogP contribution is -2.75. The first-order valence-electron chi connectivity index (χ1n) is 8.56. The van der Waals surface area contributed by atoms with Crippen molar-refractivity contribution in [1.82, 2.24) is 9.80 Å². The summed E-state index contributed by atoms with van der Waals surface area (Å²) in [4.78, 5) is 30.9. The van der Waals surface area contributed by atoms with E-state index in [-0.39, 0.29) is 22.1 Å². The number of nitrogens with zero attached hydrogens (tertiary/aromatic N) is 2. The van der Waals surface area contributed by atoms with E-state index in [1.54, 1.807) is 12.1 Å². The van der Waals surface area contributed by atoms with Crippen LogP contribution < -0.4 is 5.32 Å². The first-order valence-corrected chi connectivity index (χ1v) is 9.32. The fourth-order valence-electron chi connectivity index (χ4n) is 3.92. The van der Waals surface area contributed by atoms with Crippen LogP contribution in [0.3, 0.4) is 0 Å². The number of carbonyl (C=O) groups is 2. The van der Waals surface area contributed by atoms with Crippen LogP contribution in [0.1, 0.15) is 10.4 Å². The van der Waals surface area contributed by atoms with Crippen molar-refractivity contribution in [3.8, 4) is 0 Å². The predicted octanol–water partition coefficient (Wildman–Crippen LogP) is 1.49. The summed E-state index contributed by atoms with van der Waals surface area (Å²) in [7, 11) is 0. The van der Waals surface area contributed by atoms with Crippen molar-refractivity contribution in [1.29, 1.82) is 0 Å². The number of halogens is 2. The molecule has 3 heterocycles. The molecule has 1 aromatic rings. The zero-order chi connectivity index (χ0) is 18.3. The lowest BCUT2D eigenvalue weighted by atomic mass is 9.87. The third-order valence-corrected chi connectivity index (χ3v) is 5.77. The van der Waals surface area contributed by atoms with E-state index in [2.05, 4.69) is 5.32 Å². The zero-order valence-electron chi connectivity index (χ0n) is 14.1. The summed E-state index contributed by atoms with van der Waals surface area (Å²) in [6.07, 6.45) is 0. The van der Waals surface area contributed by atoms with Gasteiger partial charge in [-0.15, -0.1) is 0 Å². The number of hydrogen-bond acceptors (Lipinski definition) is 6. The van der Waals surface area contributed by atoms with Crippen molar-refractivity contribution >= 4 is 40.6 Å². The monoisotopic (exact) mass is 399 g/mol. The van der Waals surface area contributed by atoms with Crippen LogP contribution in [0.15, 0.2) is 12.1 Å². The second-order valence-electron chi connectivity index (χ2n) is 6.43. The Kier molecular flexibility index (Phi) is 4.94. The number of ketones is 1.